The zero-order chi connectivity index (χ0) is 18.2. The molecule has 1 atom stereocenters. The first-order valence-corrected chi connectivity index (χ1v) is 9.26. The second kappa shape index (κ2) is 6.93. The molecule has 1 aliphatic carbocycles. The summed E-state index contributed by atoms with van der Waals surface area (Å²) >= 11 is 0. The minimum Gasteiger partial charge on any atom is -0.389 e. The quantitative estimate of drug-likeness (QED) is 0.855. The van der Waals surface area contributed by atoms with Crippen LogP contribution in [-0.2, 0) is 9.53 Å². The smallest absolute Gasteiger partial charge is 0.255 e. The predicted molar refractivity (Wildman–Crippen MR) is 95.9 cm³/mol. The fraction of sp³-hybridized carbons (Fsp3) is 0.947. The fourth-order valence-electron chi connectivity index (χ4n) is 4.28. The van der Waals surface area contributed by atoms with Gasteiger partial charge in [-0.2, -0.15) is 0 Å². The van der Waals surface area contributed by atoms with Gasteiger partial charge in [0, 0.05) is 33.7 Å². The highest BCUT2D eigenvalue weighted by Crippen LogP contribution is 2.41. The minimum absolute atomic E-state index is 0.00405. The lowest BCUT2D eigenvalue weighted by molar-refractivity contribution is -0.169. The molecule has 5 heteroatoms. The van der Waals surface area contributed by atoms with E-state index in [1.54, 1.807) is 19.0 Å². The van der Waals surface area contributed by atoms with Crippen LogP contribution in [0.3, 0.4) is 0 Å². The second-order valence-electron chi connectivity index (χ2n) is 9.35. The van der Waals surface area contributed by atoms with Gasteiger partial charge in [0.2, 0.25) is 0 Å². The summed E-state index contributed by atoms with van der Waals surface area (Å²) in [5, 5.41) is 11.0. The van der Waals surface area contributed by atoms with Gasteiger partial charge >= 0.3 is 0 Å². The Bertz CT molecular complexity index is 450. The van der Waals surface area contributed by atoms with E-state index >= 15 is 0 Å². The number of nitrogens with zero attached hydrogens (tertiary/aromatic N) is 2. The van der Waals surface area contributed by atoms with Crippen LogP contribution in [0, 0.1) is 11.3 Å². The summed E-state index contributed by atoms with van der Waals surface area (Å²) in [5.74, 6) is 0.679. The van der Waals surface area contributed by atoms with Gasteiger partial charge in [0.05, 0.1) is 12.2 Å². The third-order valence-corrected chi connectivity index (χ3v) is 5.87. The molecule has 1 N–H and O–H groups in total. The van der Waals surface area contributed by atoms with Crippen molar-refractivity contribution < 1.29 is 14.6 Å². The Labute approximate surface area is 147 Å². The summed E-state index contributed by atoms with van der Waals surface area (Å²) < 4.78 is 5.79. The summed E-state index contributed by atoms with van der Waals surface area (Å²) in [6.07, 6.45) is 3.87. The van der Waals surface area contributed by atoms with Gasteiger partial charge in [-0.1, -0.05) is 20.8 Å². The van der Waals surface area contributed by atoms with Crippen LogP contribution in [-0.4, -0.2) is 72.4 Å². The third kappa shape index (κ3) is 4.50. The molecule has 0 unspecified atom stereocenters. The van der Waals surface area contributed by atoms with Crippen LogP contribution in [0.4, 0.5) is 0 Å². The highest BCUT2D eigenvalue weighted by Gasteiger charge is 2.43. The van der Waals surface area contributed by atoms with Crippen molar-refractivity contribution in [1.29, 1.82) is 0 Å². The van der Waals surface area contributed by atoms with Crippen LogP contribution in [0.2, 0.25) is 0 Å². The molecule has 1 amide bonds. The molecule has 2 aliphatic rings. The average molecular weight is 341 g/mol. The van der Waals surface area contributed by atoms with Gasteiger partial charge in [-0.15, -0.1) is 0 Å². The monoisotopic (exact) mass is 340 g/mol. The predicted octanol–water partition coefficient (Wildman–Crippen LogP) is 2.13. The number of hydrogen-bond acceptors (Lipinski definition) is 4. The van der Waals surface area contributed by atoms with Crippen LogP contribution in [0.1, 0.15) is 53.4 Å². The van der Waals surface area contributed by atoms with Gasteiger partial charge in [0.15, 0.2) is 5.60 Å². The van der Waals surface area contributed by atoms with E-state index in [-0.39, 0.29) is 5.91 Å². The molecule has 0 aromatic carbocycles. The van der Waals surface area contributed by atoms with Crippen molar-refractivity contribution in [3.05, 3.63) is 0 Å². The van der Waals surface area contributed by atoms with E-state index in [9.17, 15) is 9.90 Å². The van der Waals surface area contributed by atoms with Gasteiger partial charge in [-0.05, 0) is 43.9 Å². The minimum atomic E-state index is -0.805. The van der Waals surface area contributed by atoms with E-state index < -0.39 is 11.2 Å². The second-order valence-corrected chi connectivity index (χ2v) is 9.35. The number of ether oxygens (including phenoxy) is 1. The van der Waals surface area contributed by atoms with Crippen molar-refractivity contribution in [2.45, 2.75) is 64.6 Å². The van der Waals surface area contributed by atoms with Crippen LogP contribution < -0.4 is 0 Å². The summed E-state index contributed by atoms with van der Waals surface area (Å²) in [4.78, 5) is 16.2. The first-order valence-electron chi connectivity index (χ1n) is 9.26. The molecule has 5 nitrogen and oxygen atoms in total. The van der Waals surface area contributed by atoms with E-state index in [4.69, 9.17) is 4.74 Å². The molecule has 2 rings (SSSR count). The van der Waals surface area contributed by atoms with Crippen LogP contribution >= 0.6 is 0 Å². The first-order chi connectivity index (χ1) is 11.0. The molecular weight excluding hydrogens is 304 g/mol. The van der Waals surface area contributed by atoms with E-state index in [2.05, 4.69) is 25.7 Å². The molecule has 0 aromatic rings. The summed E-state index contributed by atoms with van der Waals surface area (Å²) in [5.41, 5.74) is -1.11. The molecule has 1 saturated heterocycles. The Balaban J connectivity index is 1.95. The number of carbonyl (C=O) groups excluding carboxylic acids is 1. The molecule has 1 heterocycles. The van der Waals surface area contributed by atoms with E-state index in [0.29, 0.717) is 31.0 Å². The molecular formula is C19H36N2O3. The molecule has 1 aliphatic heterocycles. The molecule has 24 heavy (non-hydrogen) atoms. The standard InChI is InChI=1S/C19H36N2O3/c1-17(2,3)15-7-9-19(23,10-8-15)14-21-11-12-24-18(4,13-21)16(22)20(5)6/h15,23H,7-14H2,1-6H3/t15?,18-,19?/m0/s1. The van der Waals surface area contributed by atoms with E-state index in [0.717, 1.165) is 32.2 Å². The molecule has 0 aromatic heterocycles. The maximum atomic E-state index is 12.4. The molecule has 2 fully saturated rings. The molecule has 1 saturated carbocycles. The number of hydrogen-bond donors (Lipinski definition) is 1. The number of morpholine rings is 1. The van der Waals surface area contributed by atoms with E-state index in [1.165, 1.54) is 0 Å². The normalized spacial score (nSPS) is 35.7. The van der Waals surface area contributed by atoms with Crippen molar-refractivity contribution in [1.82, 2.24) is 9.80 Å². The summed E-state index contributed by atoms with van der Waals surface area (Å²) in [6, 6.07) is 0. The summed E-state index contributed by atoms with van der Waals surface area (Å²) in [6.45, 7) is 11.3. The first kappa shape index (κ1) is 19.7. The number of amides is 1. The Morgan fingerprint density at radius 2 is 1.88 bits per heavy atom. The molecule has 0 radical (unpaired) electrons. The fourth-order valence-corrected chi connectivity index (χ4v) is 4.28. The van der Waals surface area contributed by atoms with Crippen molar-refractivity contribution in [3.8, 4) is 0 Å². The zero-order valence-corrected chi connectivity index (χ0v) is 16.4. The Morgan fingerprint density at radius 1 is 1.29 bits per heavy atom. The van der Waals surface area contributed by atoms with Gasteiger partial charge in [0.25, 0.3) is 5.91 Å². The Hall–Kier alpha value is -0.650. The molecule has 0 spiro atoms. The third-order valence-electron chi connectivity index (χ3n) is 5.87. The number of carbonyl (C=O) groups is 1. The van der Waals surface area contributed by atoms with Gasteiger partial charge in [0.1, 0.15) is 0 Å². The topological polar surface area (TPSA) is 53.0 Å². The average Bonchev–Trinajstić information content (AvgIpc) is 2.45. The van der Waals surface area contributed by atoms with Crippen molar-refractivity contribution >= 4 is 5.91 Å². The summed E-state index contributed by atoms with van der Waals surface area (Å²) in [7, 11) is 3.52. The van der Waals surface area contributed by atoms with Gasteiger partial charge < -0.3 is 14.7 Å². The highest BCUT2D eigenvalue weighted by atomic mass is 16.5. The SMILES string of the molecule is CN(C)C(=O)[C@]1(C)CN(CC2(O)CCC(C(C)(C)C)CC2)CCO1. The van der Waals surface area contributed by atoms with Crippen molar-refractivity contribution in [2.75, 3.05) is 40.3 Å². The zero-order valence-electron chi connectivity index (χ0n) is 16.4. The number of rotatable bonds is 3. The number of likely N-dealkylation sites (N-methyl/N-ethyl adjacent to an activating group) is 1. The van der Waals surface area contributed by atoms with Crippen LogP contribution in [0.25, 0.3) is 0 Å². The lowest BCUT2D eigenvalue weighted by Crippen LogP contribution is -2.60. The van der Waals surface area contributed by atoms with Crippen LogP contribution in [0.15, 0.2) is 0 Å². The van der Waals surface area contributed by atoms with Gasteiger partial charge in [-0.3, -0.25) is 9.69 Å². The Morgan fingerprint density at radius 3 is 2.38 bits per heavy atom. The van der Waals surface area contributed by atoms with E-state index in [1.807, 2.05) is 6.92 Å². The molecule has 0 bridgehead atoms. The highest BCUT2D eigenvalue weighted by molar-refractivity contribution is 5.84. The van der Waals surface area contributed by atoms with Gasteiger partial charge in [-0.25, -0.2) is 0 Å². The Kier molecular flexibility index (Phi) is 5.68. The molecule has 140 valence electrons. The number of β-amino-alcohol motifs (C(OH)–C–C–N with tert-alkyl or cyclic N) is 1. The van der Waals surface area contributed by atoms with Crippen LogP contribution in [0.5, 0.6) is 0 Å². The largest absolute Gasteiger partial charge is 0.389 e. The maximum absolute atomic E-state index is 12.4. The number of aliphatic hydroxyl groups is 1. The lowest BCUT2D eigenvalue weighted by Gasteiger charge is -2.46. The van der Waals surface area contributed by atoms with Crippen molar-refractivity contribution in [3.63, 3.8) is 0 Å². The van der Waals surface area contributed by atoms with Crippen molar-refractivity contribution in [2.24, 2.45) is 11.3 Å². The lowest BCUT2D eigenvalue weighted by atomic mass is 9.68. The maximum Gasteiger partial charge on any atom is 0.255 e.